The standard InChI is InChI=1S/C17H19NO/c1-2-19-16-9-7-13(8-10-16)15-11-14-5-3-4-6-17(14)18-12-15/h3-10,15,18H,2,11-12H2,1H3. The molecule has 0 bridgehead atoms. The van der Waals surface area contributed by atoms with E-state index in [1.54, 1.807) is 0 Å². The lowest BCUT2D eigenvalue weighted by atomic mass is 9.88. The van der Waals surface area contributed by atoms with Crippen LogP contribution in [0.5, 0.6) is 5.75 Å². The molecule has 0 radical (unpaired) electrons. The molecule has 2 aromatic rings. The maximum Gasteiger partial charge on any atom is 0.119 e. The van der Waals surface area contributed by atoms with E-state index < -0.39 is 0 Å². The fraction of sp³-hybridized carbons (Fsp3) is 0.294. The summed E-state index contributed by atoms with van der Waals surface area (Å²) < 4.78 is 5.49. The highest BCUT2D eigenvalue weighted by Gasteiger charge is 2.19. The lowest BCUT2D eigenvalue weighted by molar-refractivity contribution is 0.340. The predicted molar refractivity (Wildman–Crippen MR) is 79.0 cm³/mol. The van der Waals surface area contributed by atoms with E-state index in [0.29, 0.717) is 5.92 Å². The number of para-hydroxylation sites is 1. The molecule has 2 aromatic carbocycles. The smallest absolute Gasteiger partial charge is 0.119 e. The predicted octanol–water partition coefficient (Wildman–Crippen LogP) is 3.84. The van der Waals surface area contributed by atoms with Gasteiger partial charge >= 0.3 is 0 Å². The molecule has 0 saturated carbocycles. The second kappa shape index (κ2) is 5.35. The summed E-state index contributed by atoms with van der Waals surface area (Å²) in [5, 5.41) is 3.52. The van der Waals surface area contributed by atoms with Crippen LogP contribution in [0.1, 0.15) is 24.0 Å². The van der Waals surface area contributed by atoms with Crippen molar-refractivity contribution in [3.63, 3.8) is 0 Å². The third-order valence-corrected chi connectivity index (χ3v) is 3.69. The molecule has 0 amide bonds. The molecule has 0 aliphatic carbocycles. The number of nitrogens with one attached hydrogen (secondary N) is 1. The van der Waals surface area contributed by atoms with Crippen LogP contribution in [0.4, 0.5) is 5.69 Å². The second-order valence-corrected chi connectivity index (χ2v) is 4.94. The molecule has 0 fully saturated rings. The van der Waals surface area contributed by atoms with Gasteiger partial charge in [0.15, 0.2) is 0 Å². The second-order valence-electron chi connectivity index (χ2n) is 4.94. The van der Waals surface area contributed by atoms with Crippen molar-refractivity contribution in [1.82, 2.24) is 0 Å². The van der Waals surface area contributed by atoms with Gasteiger partial charge < -0.3 is 10.1 Å². The molecule has 0 aromatic heterocycles. The minimum Gasteiger partial charge on any atom is -0.494 e. The molecule has 98 valence electrons. The summed E-state index contributed by atoms with van der Waals surface area (Å²) in [5.74, 6) is 1.50. The number of rotatable bonds is 3. The molecule has 1 aliphatic heterocycles. The molecule has 1 heterocycles. The first-order valence-corrected chi connectivity index (χ1v) is 6.91. The van der Waals surface area contributed by atoms with Crippen LogP contribution >= 0.6 is 0 Å². The first-order valence-electron chi connectivity index (χ1n) is 6.91. The van der Waals surface area contributed by atoms with E-state index in [1.165, 1.54) is 16.8 Å². The normalized spacial score (nSPS) is 17.4. The van der Waals surface area contributed by atoms with Gasteiger partial charge in [-0.25, -0.2) is 0 Å². The summed E-state index contributed by atoms with van der Waals surface area (Å²) >= 11 is 0. The van der Waals surface area contributed by atoms with Gasteiger partial charge in [-0.05, 0) is 42.7 Å². The fourth-order valence-electron chi connectivity index (χ4n) is 2.68. The van der Waals surface area contributed by atoms with Gasteiger partial charge in [0.2, 0.25) is 0 Å². The molecule has 2 nitrogen and oxygen atoms in total. The van der Waals surface area contributed by atoms with Crippen LogP contribution in [0.2, 0.25) is 0 Å². The summed E-state index contributed by atoms with van der Waals surface area (Å²) in [5.41, 5.74) is 4.07. The zero-order valence-corrected chi connectivity index (χ0v) is 11.2. The maximum absolute atomic E-state index is 5.49. The Kier molecular flexibility index (Phi) is 3.41. The van der Waals surface area contributed by atoms with Gasteiger partial charge in [0.05, 0.1) is 6.61 Å². The van der Waals surface area contributed by atoms with E-state index in [2.05, 4.69) is 53.8 Å². The van der Waals surface area contributed by atoms with Gasteiger partial charge in [-0.1, -0.05) is 30.3 Å². The third-order valence-electron chi connectivity index (χ3n) is 3.69. The molecule has 1 unspecified atom stereocenters. The molecule has 0 spiro atoms. The van der Waals surface area contributed by atoms with Gasteiger partial charge in [-0.3, -0.25) is 0 Å². The summed E-state index contributed by atoms with van der Waals surface area (Å²) in [4.78, 5) is 0. The van der Waals surface area contributed by atoms with Crippen molar-refractivity contribution >= 4 is 5.69 Å². The lowest BCUT2D eigenvalue weighted by Crippen LogP contribution is -2.21. The molecular formula is C17H19NO. The summed E-state index contributed by atoms with van der Waals surface area (Å²) in [6, 6.07) is 17.1. The minimum absolute atomic E-state index is 0.547. The van der Waals surface area contributed by atoms with Crippen molar-refractivity contribution in [1.29, 1.82) is 0 Å². The Morgan fingerprint density at radius 2 is 1.89 bits per heavy atom. The average Bonchev–Trinajstić information content (AvgIpc) is 2.48. The van der Waals surface area contributed by atoms with Gasteiger partial charge in [-0.2, -0.15) is 0 Å². The number of fused-ring (bicyclic) bond motifs is 1. The SMILES string of the molecule is CCOc1ccc(C2CNc3ccccc3C2)cc1. The Morgan fingerprint density at radius 3 is 2.68 bits per heavy atom. The van der Waals surface area contributed by atoms with Crippen molar-refractivity contribution < 1.29 is 4.74 Å². The topological polar surface area (TPSA) is 21.3 Å². The number of benzene rings is 2. The fourth-order valence-corrected chi connectivity index (χ4v) is 2.68. The monoisotopic (exact) mass is 253 g/mol. The molecule has 0 saturated heterocycles. The van der Waals surface area contributed by atoms with Crippen LogP contribution in [0.15, 0.2) is 48.5 Å². The van der Waals surface area contributed by atoms with Crippen molar-refractivity contribution in [3.8, 4) is 5.75 Å². The van der Waals surface area contributed by atoms with Crippen LogP contribution in [0.25, 0.3) is 0 Å². The zero-order valence-electron chi connectivity index (χ0n) is 11.2. The molecule has 1 aliphatic rings. The maximum atomic E-state index is 5.49. The highest BCUT2D eigenvalue weighted by atomic mass is 16.5. The van der Waals surface area contributed by atoms with E-state index >= 15 is 0 Å². The number of ether oxygens (including phenoxy) is 1. The first kappa shape index (κ1) is 12.1. The third kappa shape index (κ3) is 2.58. The molecule has 1 atom stereocenters. The highest BCUT2D eigenvalue weighted by Crippen LogP contribution is 2.30. The Hall–Kier alpha value is -1.96. The van der Waals surface area contributed by atoms with Crippen LogP contribution in [0.3, 0.4) is 0 Å². The Balaban J connectivity index is 1.77. The van der Waals surface area contributed by atoms with Crippen LogP contribution in [-0.2, 0) is 6.42 Å². The Labute approximate surface area is 114 Å². The molecule has 2 heteroatoms. The van der Waals surface area contributed by atoms with E-state index in [0.717, 1.165) is 25.3 Å². The number of hydrogen-bond donors (Lipinski definition) is 1. The number of hydrogen-bond acceptors (Lipinski definition) is 2. The summed E-state index contributed by atoms with van der Waals surface area (Å²) in [6.07, 6.45) is 1.11. The van der Waals surface area contributed by atoms with Gasteiger partial charge in [-0.15, -0.1) is 0 Å². The van der Waals surface area contributed by atoms with Crippen molar-refractivity contribution in [2.24, 2.45) is 0 Å². The lowest BCUT2D eigenvalue weighted by Gasteiger charge is -2.26. The van der Waals surface area contributed by atoms with Gasteiger partial charge in [0, 0.05) is 18.2 Å². The van der Waals surface area contributed by atoms with Crippen LogP contribution < -0.4 is 10.1 Å². The minimum atomic E-state index is 0.547. The molecule has 1 N–H and O–H groups in total. The van der Waals surface area contributed by atoms with E-state index in [9.17, 15) is 0 Å². The molecule has 3 rings (SSSR count). The highest BCUT2D eigenvalue weighted by molar-refractivity contribution is 5.54. The quantitative estimate of drug-likeness (QED) is 0.897. The average molecular weight is 253 g/mol. The van der Waals surface area contributed by atoms with Crippen LogP contribution in [-0.4, -0.2) is 13.2 Å². The van der Waals surface area contributed by atoms with E-state index in [-0.39, 0.29) is 0 Å². The van der Waals surface area contributed by atoms with Crippen molar-refractivity contribution in [2.45, 2.75) is 19.3 Å². The Morgan fingerprint density at radius 1 is 1.11 bits per heavy atom. The number of anilines is 1. The summed E-state index contributed by atoms with van der Waals surface area (Å²) in [7, 11) is 0. The molecular weight excluding hydrogens is 234 g/mol. The van der Waals surface area contributed by atoms with Crippen molar-refractivity contribution in [2.75, 3.05) is 18.5 Å². The van der Waals surface area contributed by atoms with Gasteiger partial charge in [0.25, 0.3) is 0 Å². The van der Waals surface area contributed by atoms with E-state index in [4.69, 9.17) is 4.74 Å². The zero-order chi connectivity index (χ0) is 13.1. The van der Waals surface area contributed by atoms with Gasteiger partial charge in [0.1, 0.15) is 5.75 Å². The largest absolute Gasteiger partial charge is 0.494 e. The van der Waals surface area contributed by atoms with Crippen molar-refractivity contribution in [3.05, 3.63) is 59.7 Å². The Bertz CT molecular complexity index is 547. The van der Waals surface area contributed by atoms with E-state index in [1.807, 2.05) is 6.92 Å². The first-order chi connectivity index (χ1) is 9.36. The summed E-state index contributed by atoms with van der Waals surface area (Å²) in [6.45, 7) is 3.73. The molecule has 19 heavy (non-hydrogen) atoms. The van der Waals surface area contributed by atoms with Crippen LogP contribution in [0, 0.1) is 0 Å².